The van der Waals surface area contributed by atoms with Crippen LogP contribution in [0.3, 0.4) is 0 Å². The van der Waals surface area contributed by atoms with Crippen LogP contribution in [0.25, 0.3) is 0 Å². The fourth-order valence-electron chi connectivity index (χ4n) is 3.22. The molecule has 0 fully saturated rings. The summed E-state index contributed by atoms with van der Waals surface area (Å²) in [6.45, 7) is 4.49. The highest BCUT2D eigenvalue weighted by Crippen LogP contribution is 2.37. The zero-order valence-electron chi connectivity index (χ0n) is 13.1. The molecule has 0 aliphatic carbocycles. The second-order valence-electron chi connectivity index (χ2n) is 6.02. The van der Waals surface area contributed by atoms with Gasteiger partial charge in [-0.25, -0.2) is 0 Å². The van der Waals surface area contributed by atoms with Gasteiger partial charge in [-0.1, -0.05) is 48.5 Å². The molecule has 0 saturated heterocycles. The van der Waals surface area contributed by atoms with Crippen LogP contribution in [0.15, 0.2) is 54.6 Å². The fourth-order valence-corrected chi connectivity index (χ4v) is 3.22. The highest BCUT2D eigenvalue weighted by Gasteiger charge is 2.30. The Kier molecular flexibility index (Phi) is 4.14. The van der Waals surface area contributed by atoms with Gasteiger partial charge in [0.1, 0.15) is 0 Å². The predicted molar refractivity (Wildman–Crippen MR) is 89.6 cm³/mol. The number of hydrogen-bond acceptors (Lipinski definition) is 2. The minimum Gasteiger partial charge on any atom is -0.382 e. The van der Waals surface area contributed by atoms with Gasteiger partial charge in [-0.3, -0.25) is 4.79 Å². The first-order valence-electron chi connectivity index (χ1n) is 7.81. The van der Waals surface area contributed by atoms with Crippen molar-refractivity contribution in [1.82, 2.24) is 4.90 Å². The van der Waals surface area contributed by atoms with E-state index in [0.717, 1.165) is 12.1 Å². The van der Waals surface area contributed by atoms with Crippen molar-refractivity contribution in [3.63, 3.8) is 0 Å². The molecule has 3 nitrogen and oxygen atoms in total. The molecule has 0 bridgehead atoms. The molecular formula is C19H22N2O. The summed E-state index contributed by atoms with van der Waals surface area (Å²) >= 11 is 0. The first-order valence-corrected chi connectivity index (χ1v) is 7.81. The van der Waals surface area contributed by atoms with Crippen LogP contribution in [0.2, 0.25) is 0 Å². The van der Waals surface area contributed by atoms with Crippen LogP contribution in [0.1, 0.15) is 37.4 Å². The van der Waals surface area contributed by atoms with Gasteiger partial charge in [0, 0.05) is 25.2 Å². The van der Waals surface area contributed by atoms with Crippen molar-refractivity contribution >= 4 is 11.6 Å². The third-order valence-electron chi connectivity index (χ3n) is 4.27. The average molecular weight is 294 g/mol. The molecule has 1 heterocycles. The molecule has 2 aromatic rings. The van der Waals surface area contributed by atoms with Crippen LogP contribution in [-0.4, -0.2) is 16.8 Å². The number of rotatable bonds is 3. The normalized spacial score (nSPS) is 19.9. The maximum Gasteiger partial charge on any atom is 0.220 e. The Balaban J connectivity index is 1.93. The Morgan fingerprint density at radius 3 is 2.55 bits per heavy atom. The Bertz CT molecular complexity index is 653. The van der Waals surface area contributed by atoms with Crippen LogP contribution < -0.4 is 5.32 Å². The summed E-state index contributed by atoms with van der Waals surface area (Å²) in [5.74, 6) is 0.123. The van der Waals surface area contributed by atoms with Crippen molar-refractivity contribution < 1.29 is 4.79 Å². The quantitative estimate of drug-likeness (QED) is 0.928. The highest BCUT2D eigenvalue weighted by atomic mass is 16.2. The summed E-state index contributed by atoms with van der Waals surface area (Å²) in [6.07, 6.45) is 0.934. The van der Waals surface area contributed by atoms with E-state index in [1.807, 2.05) is 35.2 Å². The maximum absolute atomic E-state index is 12.3. The van der Waals surface area contributed by atoms with Gasteiger partial charge >= 0.3 is 0 Å². The molecule has 114 valence electrons. The predicted octanol–water partition coefficient (Wildman–Crippen LogP) is 3.98. The summed E-state index contributed by atoms with van der Waals surface area (Å²) in [5.41, 5.74) is 3.53. The third kappa shape index (κ3) is 2.98. The number of nitrogens with zero attached hydrogens (tertiary/aromatic N) is 1. The minimum absolute atomic E-state index is 0.123. The van der Waals surface area contributed by atoms with Gasteiger partial charge in [-0.05, 0) is 30.5 Å². The Labute approximate surface area is 132 Å². The molecule has 3 rings (SSSR count). The lowest BCUT2D eigenvalue weighted by atomic mass is 9.92. The maximum atomic E-state index is 12.3. The average Bonchev–Trinajstić information content (AvgIpc) is 2.52. The van der Waals surface area contributed by atoms with Gasteiger partial charge in [-0.2, -0.15) is 0 Å². The molecule has 1 aliphatic rings. The lowest BCUT2D eigenvalue weighted by Crippen LogP contribution is -2.38. The minimum atomic E-state index is 0.123. The van der Waals surface area contributed by atoms with Crippen LogP contribution in [-0.2, 0) is 11.3 Å². The topological polar surface area (TPSA) is 32.3 Å². The van der Waals surface area contributed by atoms with Crippen molar-refractivity contribution in [3.8, 4) is 0 Å². The van der Waals surface area contributed by atoms with E-state index in [9.17, 15) is 4.79 Å². The van der Waals surface area contributed by atoms with Crippen molar-refractivity contribution in [3.05, 3.63) is 65.7 Å². The molecule has 22 heavy (non-hydrogen) atoms. The molecule has 0 saturated carbocycles. The Morgan fingerprint density at radius 2 is 1.82 bits per heavy atom. The number of benzene rings is 2. The number of amides is 1. The summed E-state index contributed by atoms with van der Waals surface area (Å²) in [7, 11) is 0. The summed E-state index contributed by atoms with van der Waals surface area (Å²) < 4.78 is 0. The molecule has 0 aromatic heterocycles. The Morgan fingerprint density at radius 1 is 1.14 bits per heavy atom. The zero-order chi connectivity index (χ0) is 15.5. The van der Waals surface area contributed by atoms with Crippen LogP contribution in [0, 0.1) is 0 Å². The SMILES string of the molecule is CC(=O)N(Cc1ccccc1)C1CC(C)Nc2ccccc21. The molecule has 1 N–H and O–H groups in total. The molecular weight excluding hydrogens is 272 g/mol. The first-order chi connectivity index (χ1) is 10.6. The molecule has 3 heteroatoms. The largest absolute Gasteiger partial charge is 0.382 e. The van der Waals surface area contributed by atoms with Gasteiger partial charge in [0.25, 0.3) is 0 Å². The van der Waals surface area contributed by atoms with E-state index in [-0.39, 0.29) is 11.9 Å². The second kappa shape index (κ2) is 6.22. The van der Waals surface area contributed by atoms with Crippen LogP contribution in [0.5, 0.6) is 0 Å². The van der Waals surface area contributed by atoms with Crippen molar-refractivity contribution in [1.29, 1.82) is 0 Å². The molecule has 2 unspecified atom stereocenters. The standard InChI is InChI=1S/C19H22N2O/c1-14-12-19(17-10-6-7-11-18(17)20-14)21(15(2)22)13-16-8-4-3-5-9-16/h3-11,14,19-20H,12-13H2,1-2H3. The smallest absolute Gasteiger partial charge is 0.220 e. The zero-order valence-corrected chi connectivity index (χ0v) is 13.1. The number of para-hydroxylation sites is 1. The van der Waals surface area contributed by atoms with E-state index in [4.69, 9.17) is 0 Å². The summed E-state index contributed by atoms with van der Waals surface area (Å²) in [4.78, 5) is 14.3. The van der Waals surface area contributed by atoms with Gasteiger partial charge in [-0.15, -0.1) is 0 Å². The Hall–Kier alpha value is -2.29. The molecule has 1 aliphatic heterocycles. The highest BCUT2D eigenvalue weighted by molar-refractivity contribution is 5.74. The first kappa shape index (κ1) is 14.6. The van der Waals surface area contributed by atoms with Gasteiger partial charge in [0.15, 0.2) is 0 Å². The third-order valence-corrected chi connectivity index (χ3v) is 4.27. The van der Waals surface area contributed by atoms with E-state index in [0.29, 0.717) is 12.6 Å². The molecule has 0 radical (unpaired) electrons. The van der Waals surface area contributed by atoms with Crippen LogP contribution in [0.4, 0.5) is 5.69 Å². The van der Waals surface area contributed by atoms with E-state index in [1.165, 1.54) is 11.1 Å². The fraction of sp³-hybridized carbons (Fsp3) is 0.316. The summed E-state index contributed by atoms with van der Waals surface area (Å²) in [6, 6.07) is 19.0. The number of carbonyl (C=O) groups excluding carboxylic acids is 1. The second-order valence-corrected chi connectivity index (χ2v) is 6.02. The van der Waals surface area contributed by atoms with E-state index >= 15 is 0 Å². The number of hydrogen-bond donors (Lipinski definition) is 1. The van der Waals surface area contributed by atoms with E-state index in [2.05, 4.69) is 36.5 Å². The van der Waals surface area contributed by atoms with Crippen LogP contribution >= 0.6 is 0 Å². The van der Waals surface area contributed by atoms with Gasteiger partial charge in [0.05, 0.1) is 6.04 Å². The molecule has 2 atom stereocenters. The van der Waals surface area contributed by atoms with Crippen molar-refractivity contribution in [2.24, 2.45) is 0 Å². The van der Waals surface area contributed by atoms with Gasteiger partial charge < -0.3 is 10.2 Å². The summed E-state index contributed by atoms with van der Waals surface area (Å²) in [5, 5.41) is 3.51. The number of carbonyl (C=O) groups is 1. The van der Waals surface area contributed by atoms with E-state index < -0.39 is 0 Å². The number of nitrogens with one attached hydrogen (secondary N) is 1. The van der Waals surface area contributed by atoms with E-state index in [1.54, 1.807) is 6.92 Å². The number of fused-ring (bicyclic) bond motifs is 1. The lowest BCUT2D eigenvalue weighted by molar-refractivity contribution is -0.132. The van der Waals surface area contributed by atoms with Gasteiger partial charge in [0.2, 0.25) is 5.91 Å². The lowest BCUT2D eigenvalue weighted by Gasteiger charge is -2.38. The molecule has 1 amide bonds. The van der Waals surface area contributed by atoms with Crippen molar-refractivity contribution in [2.45, 2.75) is 38.9 Å². The molecule has 0 spiro atoms. The monoisotopic (exact) mass is 294 g/mol. The van der Waals surface area contributed by atoms with Crippen molar-refractivity contribution in [2.75, 3.05) is 5.32 Å². The molecule has 2 aromatic carbocycles. The number of anilines is 1.